The molecule has 0 atom stereocenters. The second kappa shape index (κ2) is 15.1. The Morgan fingerprint density at radius 2 is 0.851 bits per heavy atom. The first-order chi connectivity index (χ1) is 32.9. The van der Waals surface area contributed by atoms with Gasteiger partial charge in [-0.15, -0.1) is 0 Å². The van der Waals surface area contributed by atoms with E-state index in [4.69, 9.17) is 9.98 Å². The summed E-state index contributed by atoms with van der Waals surface area (Å²) in [4.78, 5) is 11.0. The van der Waals surface area contributed by atoms with Crippen LogP contribution in [0, 0.1) is 0 Å². The molecule has 67 heavy (non-hydrogen) atoms. The minimum Gasteiger partial charge on any atom is -0.232 e. The van der Waals surface area contributed by atoms with Gasteiger partial charge in [-0.05, 0) is 137 Å². The standard InChI is InChI=1S/C65H48N2/c1-41-32-37-61(66-63(42-18-5-4-6-19-42)67-62(41)46-33-35-51-49-24-8-7-22-47(49)48-23-9-10-25-50(48)54(51)39-46)45-21-17-20-43(38-45)44-34-36-59-60(40-44)64(2,3)57-30-15-16-31-58(57)65(59)55-28-13-11-26-52(55)53-27-12-14-29-56(53)65/h4-31,33-36,38-40H,32,37H2,1-3H3. The van der Waals surface area contributed by atoms with Crippen LogP contribution in [-0.2, 0) is 10.8 Å². The molecule has 2 nitrogen and oxygen atoms in total. The lowest BCUT2D eigenvalue weighted by Gasteiger charge is -2.46. The minimum absolute atomic E-state index is 0.227. The van der Waals surface area contributed by atoms with E-state index in [-0.39, 0.29) is 5.41 Å². The Labute approximate surface area is 392 Å². The largest absolute Gasteiger partial charge is 0.232 e. The van der Waals surface area contributed by atoms with Gasteiger partial charge in [-0.25, -0.2) is 9.98 Å². The van der Waals surface area contributed by atoms with Gasteiger partial charge in [0.2, 0.25) is 0 Å². The molecular formula is C65H48N2. The van der Waals surface area contributed by atoms with Gasteiger partial charge >= 0.3 is 0 Å². The zero-order chi connectivity index (χ0) is 44.9. The van der Waals surface area contributed by atoms with Crippen LogP contribution in [0.5, 0.6) is 0 Å². The summed E-state index contributed by atoms with van der Waals surface area (Å²) in [5, 5.41) is 7.59. The van der Waals surface area contributed by atoms with Crippen molar-refractivity contribution in [3.05, 3.63) is 268 Å². The summed E-state index contributed by atoms with van der Waals surface area (Å²) in [5.41, 5.74) is 19.2. The average Bonchev–Trinajstić information content (AvgIpc) is 3.68. The molecule has 1 heterocycles. The van der Waals surface area contributed by atoms with Gasteiger partial charge in [0.25, 0.3) is 0 Å². The van der Waals surface area contributed by atoms with Gasteiger partial charge in [0.05, 0.1) is 16.8 Å². The number of nitrogens with zero attached hydrogens (tertiary/aromatic N) is 2. The van der Waals surface area contributed by atoms with Crippen LogP contribution in [0.1, 0.15) is 83.7 Å². The number of hydrogen-bond donors (Lipinski definition) is 0. The van der Waals surface area contributed by atoms with Gasteiger partial charge in [0.15, 0.2) is 5.84 Å². The third-order valence-electron chi connectivity index (χ3n) is 15.2. The van der Waals surface area contributed by atoms with Crippen molar-refractivity contribution in [3.63, 3.8) is 0 Å². The molecule has 0 saturated heterocycles. The lowest BCUT2D eigenvalue weighted by atomic mass is 9.55. The first-order valence-corrected chi connectivity index (χ1v) is 23.7. The maximum absolute atomic E-state index is 5.52. The molecule has 0 bridgehead atoms. The molecule has 3 aliphatic rings. The number of fused-ring (bicyclic) bond motifs is 15. The summed E-state index contributed by atoms with van der Waals surface area (Å²) in [6.45, 7) is 7.07. The van der Waals surface area contributed by atoms with Gasteiger partial charge in [0, 0.05) is 16.5 Å². The maximum Gasteiger partial charge on any atom is 0.160 e. The lowest BCUT2D eigenvalue weighted by Crippen LogP contribution is -2.40. The van der Waals surface area contributed by atoms with Crippen molar-refractivity contribution < 1.29 is 0 Å². The van der Waals surface area contributed by atoms with E-state index in [0.29, 0.717) is 0 Å². The van der Waals surface area contributed by atoms with Gasteiger partial charge in [-0.3, -0.25) is 0 Å². The van der Waals surface area contributed by atoms with Gasteiger partial charge in [-0.1, -0.05) is 208 Å². The molecule has 0 unspecified atom stereocenters. The Balaban J connectivity index is 0.933. The summed E-state index contributed by atoms with van der Waals surface area (Å²) in [6.07, 6.45) is 1.64. The third-order valence-corrected chi connectivity index (χ3v) is 15.2. The van der Waals surface area contributed by atoms with E-state index in [2.05, 4.69) is 233 Å². The smallest absolute Gasteiger partial charge is 0.160 e. The SMILES string of the molecule is CC1=C(c2ccc3c4ccccc4c4ccccc4c3c2)N=C(c2ccccc2)N=C(c2cccc(-c3ccc4c(c3)C(C)(C)c3ccccc3C43c4ccccc4-c4ccccc43)c2)CC1. The summed E-state index contributed by atoms with van der Waals surface area (Å²) >= 11 is 0. The van der Waals surface area contributed by atoms with Crippen LogP contribution in [0.15, 0.2) is 228 Å². The summed E-state index contributed by atoms with van der Waals surface area (Å²) in [5.74, 6) is 0.732. The highest BCUT2D eigenvalue weighted by atomic mass is 14.9. The zero-order valence-electron chi connectivity index (χ0n) is 38.0. The molecule has 1 spiro atoms. The highest BCUT2D eigenvalue weighted by molar-refractivity contribution is 6.25. The average molecular weight is 857 g/mol. The molecular weight excluding hydrogens is 809 g/mol. The minimum atomic E-state index is -0.408. The van der Waals surface area contributed by atoms with Crippen LogP contribution in [0.3, 0.4) is 0 Å². The molecule has 2 heteroatoms. The predicted octanol–water partition coefficient (Wildman–Crippen LogP) is 16.3. The quantitative estimate of drug-likeness (QED) is 0.158. The Hall–Kier alpha value is -7.94. The van der Waals surface area contributed by atoms with Crippen LogP contribution < -0.4 is 0 Å². The Bertz CT molecular complexity index is 3710. The number of allylic oxidation sites excluding steroid dienone is 1. The molecule has 318 valence electrons. The lowest BCUT2D eigenvalue weighted by molar-refractivity contribution is 0.563. The van der Waals surface area contributed by atoms with Crippen LogP contribution in [0.25, 0.3) is 60.3 Å². The molecule has 10 aromatic carbocycles. The van der Waals surface area contributed by atoms with E-state index in [9.17, 15) is 0 Å². The van der Waals surface area contributed by atoms with E-state index >= 15 is 0 Å². The van der Waals surface area contributed by atoms with E-state index in [0.717, 1.165) is 46.8 Å². The highest BCUT2D eigenvalue weighted by Crippen LogP contribution is 2.62. The van der Waals surface area contributed by atoms with Gasteiger partial charge < -0.3 is 0 Å². The highest BCUT2D eigenvalue weighted by Gasteiger charge is 2.53. The fourth-order valence-corrected chi connectivity index (χ4v) is 12.0. The molecule has 0 amide bonds. The van der Waals surface area contributed by atoms with Crippen molar-refractivity contribution in [1.82, 2.24) is 0 Å². The molecule has 0 saturated carbocycles. The number of benzene rings is 10. The first-order valence-electron chi connectivity index (χ1n) is 23.7. The van der Waals surface area contributed by atoms with Crippen LogP contribution in [-0.4, -0.2) is 11.5 Å². The van der Waals surface area contributed by atoms with Crippen LogP contribution >= 0.6 is 0 Å². The fourth-order valence-electron chi connectivity index (χ4n) is 12.0. The van der Waals surface area contributed by atoms with Crippen molar-refractivity contribution >= 4 is 49.6 Å². The molecule has 0 N–H and O–H groups in total. The Morgan fingerprint density at radius 1 is 0.343 bits per heavy atom. The van der Waals surface area contributed by atoms with E-state index in [1.54, 1.807) is 0 Å². The van der Waals surface area contributed by atoms with Crippen molar-refractivity contribution in [2.45, 2.75) is 44.4 Å². The first kappa shape index (κ1) is 39.4. The second-order valence-electron chi connectivity index (χ2n) is 19.2. The summed E-state index contributed by atoms with van der Waals surface area (Å²) in [6, 6.07) is 78.6. The summed E-state index contributed by atoms with van der Waals surface area (Å²) < 4.78 is 0. The van der Waals surface area contributed by atoms with E-state index in [1.807, 2.05) is 0 Å². The van der Waals surface area contributed by atoms with Crippen molar-refractivity contribution in [3.8, 4) is 22.3 Å². The molecule has 0 fully saturated rings. The number of amidine groups is 1. The Morgan fingerprint density at radius 3 is 1.54 bits per heavy atom. The Kier molecular flexibility index (Phi) is 8.86. The molecule has 13 rings (SSSR count). The second-order valence-corrected chi connectivity index (χ2v) is 19.2. The van der Waals surface area contributed by atoms with Crippen molar-refractivity contribution in [1.29, 1.82) is 0 Å². The normalized spacial score (nSPS) is 15.6. The topological polar surface area (TPSA) is 24.7 Å². The summed E-state index contributed by atoms with van der Waals surface area (Å²) in [7, 11) is 0. The molecule has 10 aromatic rings. The molecule has 2 aliphatic carbocycles. The fraction of sp³-hybridized carbons (Fsp3) is 0.108. The van der Waals surface area contributed by atoms with Crippen LogP contribution in [0.4, 0.5) is 0 Å². The molecule has 0 radical (unpaired) electrons. The number of hydrogen-bond acceptors (Lipinski definition) is 2. The van der Waals surface area contributed by atoms with E-state index < -0.39 is 5.41 Å². The van der Waals surface area contributed by atoms with Crippen molar-refractivity contribution in [2.75, 3.05) is 0 Å². The monoisotopic (exact) mass is 856 g/mol. The zero-order valence-corrected chi connectivity index (χ0v) is 38.0. The number of rotatable bonds is 4. The van der Waals surface area contributed by atoms with E-state index in [1.165, 1.54) is 93.5 Å². The van der Waals surface area contributed by atoms with Gasteiger partial charge in [-0.2, -0.15) is 0 Å². The van der Waals surface area contributed by atoms with Crippen molar-refractivity contribution in [2.24, 2.45) is 9.98 Å². The van der Waals surface area contributed by atoms with Crippen LogP contribution in [0.2, 0.25) is 0 Å². The molecule has 0 aromatic heterocycles. The maximum atomic E-state index is 5.52. The molecule has 1 aliphatic heterocycles. The predicted molar refractivity (Wildman–Crippen MR) is 282 cm³/mol. The number of aliphatic imine (C=N–C) groups is 2. The van der Waals surface area contributed by atoms with Gasteiger partial charge in [0.1, 0.15) is 0 Å². The third kappa shape index (κ3) is 5.89.